The van der Waals surface area contributed by atoms with E-state index in [1.54, 1.807) is 17.4 Å². The van der Waals surface area contributed by atoms with E-state index in [1.165, 1.54) is 0 Å². The molecule has 7 aromatic rings. The van der Waals surface area contributed by atoms with Crippen molar-refractivity contribution in [3.05, 3.63) is 115 Å². The number of thiazole rings is 1. The number of phenolic OH excluding ortho intramolecular Hbond substituents is 1. The van der Waals surface area contributed by atoms with Gasteiger partial charge in [-0.2, -0.15) is 0 Å². The average molecular weight is 675 g/mol. The Morgan fingerprint density at radius 1 is 0.703 bits per heavy atom. The summed E-state index contributed by atoms with van der Waals surface area (Å²) in [5.41, 5.74) is 5.50. The molecule has 0 unspecified atom stereocenters. The number of nitrogens with zero attached hydrogens (tertiary/aromatic N) is 2. The Balaban J connectivity index is 0.00000252. The normalized spacial score (nSPS) is 11.1. The Kier molecular flexibility index (Phi) is 6.08. The summed E-state index contributed by atoms with van der Waals surface area (Å²) in [5, 5.41) is 15.7. The summed E-state index contributed by atoms with van der Waals surface area (Å²) >= 11 is 1.58. The Labute approximate surface area is 232 Å². The standard InChI is InChI=1S/C32H19N2OS.Pt/c35-29-14-6-5-12-26(29)32-34-31-25(13-7-15-30(31)36-32)23-16-21-9-3-4-11-24(21)27(17-23)28-18-20-8-1-2-10-22(20)19-33-28;/h1-16,18-19,35H;/q-1;. The predicted molar refractivity (Wildman–Crippen MR) is 149 cm³/mol. The Morgan fingerprint density at radius 2 is 1.43 bits per heavy atom. The van der Waals surface area contributed by atoms with Crippen LogP contribution in [-0.4, -0.2) is 15.1 Å². The fraction of sp³-hybridized carbons (Fsp3) is 0. The number of para-hydroxylation sites is 2. The van der Waals surface area contributed by atoms with Gasteiger partial charge in [0, 0.05) is 37.7 Å². The van der Waals surface area contributed by atoms with Crippen LogP contribution >= 0.6 is 11.3 Å². The van der Waals surface area contributed by atoms with Crippen molar-refractivity contribution in [1.82, 2.24) is 9.97 Å². The van der Waals surface area contributed by atoms with Gasteiger partial charge in [0.1, 0.15) is 10.8 Å². The van der Waals surface area contributed by atoms with Gasteiger partial charge >= 0.3 is 0 Å². The van der Waals surface area contributed by atoms with Crippen LogP contribution in [0, 0.1) is 6.07 Å². The maximum Gasteiger partial charge on any atom is 0.127 e. The molecule has 37 heavy (non-hydrogen) atoms. The smallest absolute Gasteiger partial charge is 0.127 e. The van der Waals surface area contributed by atoms with Gasteiger partial charge in [-0.05, 0) is 29.0 Å². The fourth-order valence-corrected chi connectivity index (χ4v) is 5.77. The van der Waals surface area contributed by atoms with E-state index in [1.807, 2.05) is 30.5 Å². The van der Waals surface area contributed by atoms with Crippen molar-refractivity contribution in [2.45, 2.75) is 0 Å². The molecule has 0 atom stereocenters. The molecule has 0 fully saturated rings. The molecule has 5 heteroatoms. The van der Waals surface area contributed by atoms with Gasteiger partial charge in [0.05, 0.1) is 11.1 Å². The van der Waals surface area contributed by atoms with Crippen molar-refractivity contribution >= 4 is 43.1 Å². The summed E-state index contributed by atoms with van der Waals surface area (Å²) in [4.78, 5) is 9.77. The molecule has 3 nitrogen and oxygen atoms in total. The number of aromatic hydroxyl groups is 1. The second-order valence-corrected chi connectivity index (χ2v) is 9.78. The summed E-state index contributed by atoms with van der Waals surface area (Å²) in [7, 11) is 0. The molecule has 0 saturated carbocycles. The van der Waals surface area contributed by atoms with Gasteiger partial charge in [-0.1, -0.05) is 101 Å². The number of pyridine rings is 1. The number of rotatable bonds is 3. The number of hydrogen-bond donors (Lipinski definition) is 1. The minimum atomic E-state index is 0. The molecule has 0 radical (unpaired) electrons. The second kappa shape index (κ2) is 9.55. The third kappa shape index (κ3) is 4.13. The summed E-state index contributed by atoms with van der Waals surface area (Å²) in [5.74, 6) is 0.236. The van der Waals surface area contributed by atoms with Crippen molar-refractivity contribution in [2.24, 2.45) is 0 Å². The summed E-state index contributed by atoms with van der Waals surface area (Å²) < 4.78 is 1.07. The molecule has 0 amide bonds. The molecule has 0 aliphatic heterocycles. The summed E-state index contributed by atoms with van der Waals surface area (Å²) in [6.45, 7) is 0. The monoisotopic (exact) mass is 674 g/mol. The summed E-state index contributed by atoms with van der Waals surface area (Å²) in [6.07, 6.45) is 1.93. The molecule has 5 aromatic carbocycles. The van der Waals surface area contributed by atoms with E-state index >= 15 is 0 Å². The van der Waals surface area contributed by atoms with E-state index in [2.05, 4.69) is 78.9 Å². The van der Waals surface area contributed by atoms with E-state index < -0.39 is 0 Å². The molecule has 0 saturated heterocycles. The number of aromatic nitrogens is 2. The van der Waals surface area contributed by atoms with Crippen LogP contribution in [0.1, 0.15) is 0 Å². The number of fused-ring (bicyclic) bond motifs is 3. The van der Waals surface area contributed by atoms with Crippen LogP contribution in [0.15, 0.2) is 109 Å². The first-order valence-corrected chi connectivity index (χ1v) is 12.5. The van der Waals surface area contributed by atoms with Gasteiger partial charge in [-0.3, -0.25) is 4.98 Å². The van der Waals surface area contributed by atoms with Gasteiger partial charge in [0.15, 0.2) is 0 Å². The van der Waals surface area contributed by atoms with Gasteiger partial charge in [-0.15, -0.1) is 29.0 Å². The molecule has 0 aliphatic carbocycles. The zero-order valence-corrected chi connectivity index (χ0v) is 22.5. The van der Waals surface area contributed by atoms with E-state index in [9.17, 15) is 5.11 Å². The van der Waals surface area contributed by atoms with E-state index in [4.69, 9.17) is 9.97 Å². The predicted octanol–water partition coefficient (Wildman–Crippen LogP) is 8.50. The Morgan fingerprint density at radius 3 is 2.30 bits per heavy atom. The maximum atomic E-state index is 10.4. The van der Waals surface area contributed by atoms with E-state index in [0.717, 1.165) is 64.7 Å². The molecule has 0 bridgehead atoms. The van der Waals surface area contributed by atoms with Crippen LogP contribution in [-0.2, 0) is 21.1 Å². The zero-order valence-electron chi connectivity index (χ0n) is 19.5. The molecule has 1 N–H and O–H groups in total. The van der Waals surface area contributed by atoms with Crippen molar-refractivity contribution in [3.63, 3.8) is 0 Å². The zero-order chi connectivity index (χ0) is 24.1. The molecule has 2 heterocycles. The fourth-order valence-electron chi connectivity index (χ4n) is 4.75. The van der Waals surface area contributed by atoms with Gasteiger partial charge in [-0.25, -0.2) is 4.98 Å². The third-order valence-corrected chi connectivity index (χ3v) is 7.57. The SMILES string of the molecule is Oc1ccccc1-c1nc2c(-c3[c-]c(-c4cc5ccccc5cn4)c4ccccc4c3)cccc2s1.[Pt]. The maximum absolute atomic E-state index is 10.4. The van der Waals surface area contributed by atoms with Crippen molar-refractivity contribution < 1.29 is 26.2 Å². The molecule has 7 rings (SSSR count). The van der Waals surface area contributed by atoms with Crippen LogP contribution < -0.4 is 0 Å². The quantitative estimate of drug-likeness (QED) is 0.191. The summed E-state index contributed by atoms with van der Waals surface area (Å²) in [6, 6.07) is 38.2. The minimum absolute atomic E-state index is 0. The van der Waals surface area contributed by atoms with Crippen LogP contribution in [0.25, 0.3) is 64.7 Å². The first kappa shape index (κ1) is 23.5. The van der Waals surface area contributed by atoms with Crippen LogP contribution in [0.2, 0.25) is 0 Å². The van der Waals surface area contributed by atoms with Crippen LogP contribution in [0.4, 0.5) is 0 Å². The minimum Gasteiger partial charge on any atom is -0.507 e. The molecule has 0 spiro atoms. The van der Waals surface area contributed by atoms with Gasteiger partial charge in [0.25, 0.3) is 0 Å². The van der Waals surface area contributed by atoms with Crippen molar-refractivity contribution in [1.29, 1.82) is 0 Å². The first-order chi connectivity index (χ1) is 17.7. The number of hydrogen-bond acceptors (Lipinski definition) is 4. The topological polar surface area (TPSA) is 46.0 Å². The van der Waals surface area contributed by atoms with Gasteiger partial charge in [0.2, 0.25) is 0 Å². The average Bonchev–Trinajstić information content (AvgIpc) is 3.37. The molecule has 0 aliphatic rings. The number of phenols is 1. The molecule has 180 valence electrons. The van der Waals surface area contributed by atoms with E-state index in [0.29, 0.717) is 0 Å². The molecule has 2 aromatic heterocycles. The molecular weight excluding hydrogens is 656 g/mol. The largest absolute Gasteiger partial charge is 0.507 e. The number of benzene rings is 5. The molecular formula is C32H19N2OPtS-. The Hall–Kier alpha value is -3.85. The van der Waals surface area contributed by atoms with Crippen LogP contribution in [0.5, 0.6) is 5.75 Å². The van der Waals surface area contributed by atoms with Crippen LogP contribution in [0.3, 0.4) is 0 Å². The first-order valence-electron chi connectivity index (χ1n) is 11.7. The Bertz CT molecular complexity index is 1930. The van der Waals surface area contributed by atoms with E-state index in [-0.39, 0.29) is 26.8 Å². The van der Waals surface area contributed by atoms with Gasteiger partial charge < -0.3 is 5.11 Å². The van der Waals surface area contributed by atoms with Crippen molar-refractivity contribution in [2.75, 3.05) is 0 Å². The third-order valence-electron chi connectivity index (χ3n) is 6.52. The second-order valence-electron chi connectivity index (χ2n) is 8.75. The van der Waals surface area contributed by atoms with Crippen molar-refractivity contribution in [3.8, 4) is 38.7 Å².